The van der Waals surface area contributed by atoms with Gasteiger partial charge in [-0.25, -0.2) is 4.39 Å². The van der Waals surface area contributed by atoms with Crippen molar-refractivity contribution < 1.29 is 9.18 Å². The van der Waals surface area contributed by atoms with Gasteiger partial charge >= 0.3 is 0 Å². The van der Waals surface area contributed by atoms with Crippen LogP contribution in [0.4, 0.5) is 4.39 Å². The van der Waals surface area contributed by atoms with Crippen LogP contribution in [-0.4, -0.2) is 18.0 Å². The number of nitrogens with one attached hydrogen (secondary N) is 1. The molecule has 3 nitrogen and oxygen atoms in total. The van der Waals surface area contributed by atoms with Crippen LogP contribution in [0, 0.1) is 17.7 Å². The second kappa shape index (κ2) is 6.67. The van der Waals surface area contributed by atoms with Gasteiger partial charge < -0.3 is 11.1 Å². The second-order valence-electron chi connectivity index (χ2n) is 6.70. The lowest BCUT2D eigenvalue weighted by Crippen LogP contribution is -2.54. The van der Waals surface area contributed by atoms with E-state index in [0.717, 1.165) is 31.2 Å². The Morgan fingerprint density at radius 2 is 2.00 bits per heavy atom. The summed E-state index contributed by atoms with van der Waals surface area (Å²) in [5.41, 5.74) is 6.94. The first kappa shape index (κ1) is 15.9. The topological polar surface area (TPSA) is 55.1 Å². The molecule has 120 valence electrons. The fourth-order valence-corrected chi connectivity index (χ4v) is 4.52. The number of carbonyl (C=O) groups excluding carboxylic acids is 1. The number of halogens is 2. The van der Waals surface area contributed by atoms with Gasteiger partial charge in [0, 0.05) is 12.1 Å². The highest BCUT2D eigenvalue weighted by Crippen LogP contribution is 2.39. The van der Waals surface area contributed by atoms with Crippen LogP contribution < -0.4 is 11.1 Å². The van der Waals surface area contributed by atoms with E-state index in [1.165, 1.54) is 12.5 Å². The van der Waals surface area contributed by atoms with Gasteiger partial charge in [0.05, 0.1) is 10.9 Å². The van der Waals surface area contributed by atoms with Gasteiger partial charge in [0.2, 0.25) is 5.91 Å². The lowest BCUT2D eigenvalue weighted by atomic mass is 9.67. The number of benzene rings is 1. The third-order valence-electron chi connectivity index (χ3n) is 5.05. The average Bonchev–Trinajstić information content (AvgIpc) is 2.44. The molecular weight excluding hydrogens is 347 g/mol. The lowest BCUT2D eigenvalue weighted by Gasteiger charge is -2.45. The maximum absolute atomic E-state index is 13.2. The van der Waals surface area contributed by atoms with Crippen molar-refractivity contribution in [2.24, 2.45) is 17.6 Å². The van der Waals surface area contributed by atoms with Crippen molar-refractivity contribution in [3.63, 3.8) is 0 Å². The van der Waals surface area contributed by atoms with E-state index in [9.17, 15) is 9.18 Å². The molecule has 1 aromatic rings. The monoisotopic (exact) mass is 368 g/mol. The van der Waals surface area contributed by atoms with Crippen LogP contribution in [0.3, 0.4) is 0 Å². The third kappa shape index (κ3) is 3.51. The molecule has 2 aliphatic carbocycles. The molecule has 0 radical (unpaired) electrons. The minimum Gasteiger partial charge on any atom is -0.353 e. The SMILES string of the molecule is NC1CC2CCCC(C1)C2NC(=O)Cc1ccc(F)c(Br)c1. The molecule has 2 unspecified atom stereocenters. The highest BCUT2D eigenvalue weighted by molar-refractivity contribution is 9.10. The van der Waals surface area contributed by atoms with E-state index in [4.69, 9.17) is 5.73 Å². The van der Waals surface area contributed by atoms with Gasteiger partial charge in [-0.2, -0.15) is 0 Å². The molecule has 0 saturated heterocycles. The molecular formula is C17H22BrFN2O. The first-order valence-corrected chi connectivity index (χ1v) is 8.81. The van der Waals surface area contributed by atoms with Crippen LogP contribution in [0.15, 0.2) is 22.7 Å². The van der Waals surface area contributed by atoms with Gasteiger partial charge in [0.1, 0.15) is 5.82 Å². The zero-order chi connectivity index (χ0) is 15.7. The van der Waals surface area contributed by atoms with E-state index in [1.54, 1.807) is 12.1 Å². The Balaban J connectivity index is 1.62. The molecule has 0 aliphatic heterocycles. The zero-order valence-electron chi connectivity index (χ0n) is 12.5. The first-order chi connectivity index (χ1) is 10.5. The molecule has 2 saturated carbocycles. The van der Waals surface area contributed by atoms with Crippen LogP contribution in [0.25, 0.3) is 0 Å². The number of hydrogen-bond acceptors (Lipinski definition) is 2. The summed E-state index contributed by atoms with van der Waals surface area (Å²) in [6.45, 7) is 0. The van der Waals surface area contributed by atoms with Gasteiger partial charge in [-0.05, 0) is 71.1 Å². The Morgan fingerprint density at radius 1 is 1.32 bits per heavy atom. The molecule has 0 aromatic heterocycles. The van der Waals surface area contributed by atoms with E-state index in [2.05, 4.69) is 21.2 Å². The number of hydrogen-bond donors (Lipinski definition) is 2. The fraction of sp³-hybridized carbons (Fsp3) is 0.588. The van der Waals surface area contributed by atoms with E-state index in [-0.39, 0.29) is 23.8 Å². The number of carbonyl (C=O) groups is 1. The molecule has 1 amide bonds. The van der Waals surface area contributed by atoms with Crippen molar-refractivity contribution in [2.75, 3.05) is 0 Å². The van der Waals surface area contributed by atoms with Crippen molar-refractivity contribution in [3.05, 3.63) is 34.1 Å². The maximum Gasteiger partial charge on any atom is 0.224 e. The molecule has 1 aromatic carbocycles. The summed E-state index contributed by atoms with van der Waals surface area (Å²) in [5.74, 6) is 0.758. The molecule has 3 N–H and O–H groups in total. The quantitative estimate of drug-likeness (QED) is 0.860. The molecule has 3 rings (SSSR count). The predicted octanol–water partition coefficient (Wildman–Crippen LogP) is 3.15. The second-order valence-corrected chi connectivity index (χ2v) is 7.56. The van der Waals surface area contributed by atoms with Crippen molar-refractivity contribution in [2.45, 2.75) is 50.6 Å². The summed E-state index contributed by atoms with van der Waals surface area (Å²) in [7, 11) is 0. The lowest BCUT2D eigenvalue weighted by molar-refractivity contribution is -0.122. The Labute approximate surface area is 139 Å². The van der Waals surface area contributed by atoms with Crippen LogP contribution >= 0.6 is 15.9 Å². The summed E-state index contributed by atoms with van der Waals surface area (Å²) < 4.78 is 13.6. The summed E-state index contributed by atoms with van der Waals surface area (Å²) in [4.78, 5) is 12.3. The van der Waals surface area contributed by atoms with Crippen molar-refractivity contribution in [1.29, 1.82) is 0 Å². The number of fused-ring (bicyclic) bond motifs is 2. The Morgan fingerprint density at radius 3 is 2.64 bits per heavy atom. The molecule has 2 atom stereocenters. The molecule has 5 heteroatoms. The van der Waals surface area contributed by atoms with E-state index in [1.807, 2.05) is 0 Å². The Kier molecular flexibility index (Phi) is 4.83. The number of amides is 1. The van der Waals surface area contributed by atoms with Crippen molar-refractivity contribution in [3.8, 4) is 0 Å². The van der Waals surface area contributed by atoms with Crippen molar-refractivity contribution >= 4 is 21.8 Å². The maximum atomic E-state index is 13.2. The van der Waals surface area contributed by atoms with E-state index >= 15 is 0 Å². The van der Waals surface area contributed by atoms with Crippen LogP contribution in [0.1, 0.15) is 37.7 Å². The largest absolute Gasteiger partial charge is 0.353 e. The van der Waals surface area contributed by atoms with Gasteiger partial charge in [0.15, 0.2) is 0 Å². The minimum atomic E-state index is -0.306. The zero-order valence-corrected chi connectivity index (χ0v) is 14.1. The molecule has 22 heavy (non-hydrogen) atoms. The van der Waals surface area contributed by atoms with Gasteiger partial charge in [-0.1, -0.05) is 12.5 Å². The molecule has 0 heterocycles. The number of nitrogens with two attached hydrogens (primary N) is 1. The fourth-order valence-electron chi connectivity index (χ4n) is 4.10. The van der Waals surface area contributed by atoms with E-state index < -0.39 is 0 Å². The summed E-state index contributed by atoms with van der Waals surface area (Å²) in [6, 6.07) is 5.28. The smallest absolute Gasteiger partial charge is 0.224 e. The summed E-state index contributed by atoms with van der Waals surface area (Å²) in [5, 5.41) is 3.22. The summed E-state index contributed by atoms with van der Waals surface area (Å²) in [6.07, 6.45) is 5.90. The molecule has 2 aliphatic rings. The first-order valence-electron chi connectivity index (χ1n) is 8.02. The van der Waals surface area contributed by atoms with Crippen molar-refractivity contribution in [1.82, 2.24) is 5.32 Å². The molecule has 2 bridgehead atoms. The third-order valence-corrected chi connectivity index (χ3v) is 5.66. The van der Waals surface area contributed by atoms with Crippen LogP contribution in [-0.2, 0) is 11.2 Å². The van der Waals surface area contributed by atoms with E-state index in [0.29, 0.717) is 22.7 Å². The Bertz CT molecular complexity index is 552. The van der Waals surface area contributed by atoms with Gasteiger partial charge in [-0.15, -0.1) is 0 Å². The normalized spacial score (nSPS) is 30.9. The summed E-state index contributed by atoms with van der Waals surface area (Å²) >= 11 is 3.16. The average molecular weight is 369 g/mol. The molecule has 2 fully saturated rings. The van der Waals surface area contributed by atoms with Crippen LogP contribution in [0.5, 0.6) is 0 Å². The molecule has 0 spiro atoms. The van der Waals surface area contributed by atoms with Gasteiger partial charge in [-0.3, -0.25) is 4.79 Å². The van der Waals surface area contributed by atoms with Crippen LogP contribution in [0.2, 0.25) is 0 Å². The van der Waals surface area contributed by atoms with Gasteiger partial charge in [0.25, 0.3) is 0 Å². The highest BCUT2D eigenvalue weighted by Gasteiger charge is 2.39. The minimum absolute atomic E-state index is 0.0240. The number of rotatable bonds is 3. The standard InChI is InChI=1S/C17H22BrFN2O/c18-14-6-10(4-5-15(14)19)7-16(22)21-17-11-2-1-3-12(17)9-13(20)8-11/h4-6,11-13,17H,1-3,7-9,20H2,(H,21,22). The Hall–Kier alpha value is -0.940. The highest BCUT2D eigenvalue weighted by atomic mass is 79.9. The predicted molar refractivity (Wildman–Crippen MR) is 87.8 cm³/mol.